The third-order valence-electron chi connectivity index (χ3n) is 3.07. The van der Waals surface area contributed by atoms with Crippen LogP contribution in [-0.4, -0.2) is 29.6 Å². The Balaban J connectivity index is 2.44. The maximum Gasteiger partial charge on any atom is 0.312 e. The van der Waals surface area contributed by atoms with Crippen molar-refractivity contribution in [3.8, 4) is 0 Å². The minimum atomic E-state index is -0.938. The Morgan fingerprint density at radius 3 is 2.50 bits per heavy atom. The van der Waals surface area contributed by atoms with E-state index in [-0.39, 0.29) is 18.5 Å². The predicted molar refractivity (Wildman–Crippen MR) is 77.3 cm³/mol. The molecule has 0 spiro atoms. The molecular formula is C15H22N2O3. The summed E-state index contributed by atoms with van der Waals surface area (Å²) in [5.41, 5.74) is 6.30. The Bertz CT molecular complexity index is 432. The van der Waals surface area contributed by atoms with Crippen LogP contribution in [0.2, 0.25) is 0 Å². The molecule has 0 saturated heterocycles. The average molecular weight is 278 g/mol. The molecule has 0 aliphatic carbocycles. The first kappa shape index (κ1) is 16.2. The molecule has 0 saturated carbocycles. The van der Waals surface area contributed by atoms with Crippen molar-refractivity contribution in [2.24, 2.45) is 5.73 Å². The van der Waals surface area contributed by atoms with Gasteiger partial charge in [-0.3, -0.25) is 9.59 Å². The lowest BCUT2D eigenvalue weighted by Crippen LogP contribution is -2.31. The van der Waals surface area contributed by atoms with Gasteiger partial charge < -0.3 is 16.2 Å². The first-order valence-corrected chi connectivity index (χ1v) is 6.80. The van der Waals surface area contributed by atoms with Crippen LogP contribution in [0, 0.1) is 0 Å². The molecule has 0 heterocycles. The molecule has 1 aromatic carbocycles. The first-order chi connectivity index (χ1) is 9.50. The van der Waals surface area contributed by atoms with E-state index in [1.807, 2.05) is 13.0 Å². The van der Waals surface area contributed by atoms with E-state index in [4.69, 9.17) is 5.73 Å². The predicted octanol–water partition coefficient (Wildman–Crippen LogP) is 1.49. The second-order valence-electron chi connectivity index (χ2n) is 4.98. The first-order valence-electron chi connectivity index (χ1n) is 6.80. The number of nitrogens with one attached hydrogen (secondary N) is 1. The molecule has 0 aliphatic heterocycles. The molecule has 1 rings (SSSR count). The summed E-state index contributed by atoms with van der Waals surface area (Å²) in [5, 5.41) is 11.9. The van der Waals surface area contributed by atoms with Crippen LogP contribution < -0.4 is 11.1 Å². The Morgan fingerprint density at radius 1 is 1.30 bits per heavy atom. The second kappa shape index (κ2) is 8.32. The van der Waals surface area contributed by atoms with E-state index in [0.29, 0.717) is 18.4 Å². The van der Waals surface area contributed by atoms with Gasteiger partial charge in [0.2, 0.25) is 5.91 Å². The SMILES string of the molecule is CC(N)CCCC(=O)NCC(C(=O)O)c1ccccc1. The van der Waals surface area contributed by atoms with Gasteiger partial charge >= 0.3 is 5.97 Å². The molecule has 0 aromatic heterocycles. The van der Waals surface area contributed by atoms with E-state index in [2.05, 4.69) is 5.32 Å². The van der Waals surface area contributed by atoms with Crippen LogP contribution in [-0.2, 0) is 9.59 Å². The molecule has 2 unspecified atom stereocenters. The summed E-state index contributed by atoms with van der Waals surface area (Å²) >= 11 is 0. The van der Waals surface area contributed by atoms with Crippen LogP contribution >= 0.6 is 0 Å². The Hall–Kier alpha value is -1.88. The molecule has 0 aliphatic rings. The standard InChI is InChI=1S/C15H22N2O3/c1-11(16)6-5-9-14(18)17-10-13(15(19)20)12-7-3-2-4-8-12/h2-4,7-8,11,13H,5-6,9-10,16H2,1H3,(H,17,18)(H,19,20). The van der Waals surface area contributed by atoms with Crippen LogP contribution in [0.5, 0.6) is 0 Å². The van der Waals surface area contributed by atoms with Crippen LogP contribution in [0.4, 0.5) is 0 Å². The number of amides is 1. The molecule has 5 heteroatoms. The highest BCUT2D eigenvalue weighted by Gasteiger charge is 2.20. The van der Waals surface area contributed by atoms with Crippen LogP contribution in [0.15, 0.2) is 30.3 Å². The molecule has 2 atom stereocenters. The second-order valence-corrected chi connectivity index (χ2v) is 4.98. The minimum absolute atomic E-state index is 0.0823. The number of carbonyl (C=O) groups is 2. The maximum absolute atomic E-state index is 11.6. The summed E-state index contributed by atoms with van der Waals surface area (Å²) in [6.45, 7) is 2.00. The lowest BCUT2D eigenvalue weighted by Gasteiger charge is -2.14. The van der Waals surface area contributed by atoms with E-state index in [0.717, 1.165) is 6.42 Å². The van der Waals surface area contributed by atoms with Crippen molar-refractivity contribution in [3.05, 3.63) is 35.9 Å². The van der Waals surface area contributed by atoms with Crippen LogP contribution in [0.3, 0.4) is 0 Å². The third kappa shape index (κ3) is 5.84. The zero-order chi connectivity index (χ0) is 15.0. The van der Waals surface area contributed by atoms with Gasteiger partial charge in [0.25, 0.3) is 0 Å². The van der Waals surface area contributed by atoms with Gasteiger partial charge in [-0.2, -0.15) is 0 Å². The maximum atomic E-state index is 11.6. The molecule has 5 nitrogen and oxygen atoms in total. The van der Waals surface area contributed by atoms with Gasteiger partial charge in [0.1, 0.15) is 0 Å². The Kier molecular flexibility index (Phi) is 6.73. The Morgan fingerprint density at radius 2 is 1.95 bits per heavy atom. The summed E-state index contributed by atoms with van der Waals surface area (Å²) in [4.78, 5) is 22.9. The molecular weight excluding hydrogens is 256 g/mol. The lowest BCUT2D eigenvalue weighted by atomic mass is 9.99. The quantitative estimate of drug-likeness (QED) is 0.671. The molecule has 1 aromatic rings. The summed E-state index contributed by atoms with van der Waals surface area (Å²) in [5.74, 6) is -1.78. The fraction of sp³-hybridized carbons (Fsp3) is 0.467. The Labute approximate surface area is 119 Å². The van der Waals surface area contributed by atoms with Crippen LogP contribution in [0.1, 0.15) is 37.7 Å². The van der Waals surface area contributed by atoms with E-state index in [1.54, 1.807) is 24.3 Å². The number of benzene rings is 1. The van der Waals surface area contributed by atoms with Crippen LogP contribution in [0.25, 0.3) is 0 Å². The number of carbonyl (C=O) groups excluding carboxylic acids is 1. The van der Waals surface area contributed by atoms with Gasteiger partial charge in [-0.05, 0) is 25.3 Å². The van der Waals surface area contributed by atoms with Gasteiger partial charge in [0.15, 0.2) is 0 Å². The summed E-state index contributed by atoms with van der Waals surface area (Å²) < 4.78 is 0. The van der Waals surface area contributed by atoms with Gasteiger partial charge in [-0.25, -0.2) is 0 Å². The van der Waals surface area contributed by atoms with Gasteiger partial charge in [-0.15, -0.1) is 0 Å². The molecule has 4 N–H and O–H groups in total. The topological polar surface area (TPSA) is 92.4 Å². The number of hydrogen-bond donors (Lipinski definition) is 3. The van der Waals surface area contributed by atoms with Crippen molar-refractivity contribution in [3.63, 3.8) is 0 Å². The van der Waals surface area contributed by atoms with Crippen molar-refractivity contribution in [2.75, 3.05) is 6.54 Å². The van der Waals surface area contributed by atoms with Gasteiger partial charge in [0, 0.05) is 19.0 Å². The zero-order valence-electron chi connectivity index (χ0n) is 11.7. The number of aliphatic carboxylic acids is 1. The fourth-order valence-electron chi connectivity index (χ4n) is 1.92. The summed E-state index contributed by atoms with van der Waals surface area (Å²) in [7, 11) is 0. The minimum Gasteiger partial charge on any atom is -0.481 e. The number of hydrogen-bond acceptors (Lipinski definition) is 3. The number of rotatable bonds is 8. The van der Waals surface area contributed by atoms with Crippen molar-refractivity contribution < 1.29 is 14.7 Å². The van der Waals surface area contributed by atoms with E-state index in [1.165, 1.54) is 0 Å². The number of nitrogens with two attached hydrogens (primary N) is 1. The van der Waals surface area contributed by atoms with E-state index < -0.39 is 11.9 Å². The molecule has 110 valence electrons. The smallest absolute Gasteiger partial charge is 0.312 e. The molecule has 0 bridgehead atoms. The van der Waals surface area contributed by atoms with Crippen molar-refractivity contribution in [1.82, 2.24) is 5.32 Å². The highest BCUT2D eigenvalue weighted by atomic mass is 16.4. The highest BCUT2D eigenvalue weighted by Crippen LogP contribution is 2.14. The largest absolute Gasteiger partial charge is 0.481 e. The summed E-state index contributed by atoms with van der Waals surface area (Å²) in [6.07, 6.45) is 1.88. The molecule has 0 fully saturated rings. The van der Waals surface area contributed by atoms with E-state index >= 15 is 0 Å². The normalized spacial score (nSPS) is 13.5. The summed E-state index contributed by atoms with van der Waals surface area (Å²) in [6, 6.07) is 8.99. The van der Waals surface area contributed by atoms with E-state index in [9.17, 15) is 14.7 Å². The molecule has 20 heavy (non-hydrogen) atoms. The average Bonchev–Trinajstić information content (AvgIpc) is 2.39. The number of carboxylic acids is 1. The molecule has 0 radical (unpaired) electrons. The van der Waals surface area contributed by atoms with Crippen molar-refractivity contribution in [2.45, 2.75) is 38.1 Å². The van der Waals surface area contributed by atoms with Crippen molar-refractivity contribution >= 4 is 11.9 Å². The molecule has 1 amide bonds. The van der Waals surface area contributed by atoms with Gasteiger partial charge in [-0.1, -0.05) is 30.3 Å². The van der Waals surface area contributed by atoms with Gasteiger partial charge in [0.05, 0.1) is 5.92 Å². The van der Waals surface area contributed by atoms with Crippen molar-refractivity contribution in [1.29, 1.82) is 0 Å². The highest BCUT2D eigenvalue weighted by molar-refractivity contribution is 5.79. The zero-order valence-corrected chi connectivity index (χ0v) is 11.7. The fourth-order valence-corrected chi connectivity index (χ4v) is 1.92. The lowest BCUT2D eigenvalue weighted by molar-refractivity contribution is -0.138. The monoisotopic (exact) mass is 278 g/mol. The third-order valence-corrected chi connectivity index (χ3v) is 3.07. The number of carboxylic acid groups (broad SMARTS) is 1.